The van der Waals surface area contributed by atoms with E-state index in [-0.39, 0.29) is 30.7 Å². The van der Waals surface area contributed by atoms with Crippen molar-refractivity contribution in [2.45, 2.75) is 4.90 Å². The molecule has 2 aromatic rings. The summed E-state index contributed by atoms with van der Waals surface area (Å²) in [5, 5.41) is 2.68. The molecule has 1 fully saturated rings. The summed E-state index contributed by atoms with van der Waals surface area (Å²) in [5.74, 6) is 1.11. The Labute approximate surface area is 164 Å². The monoisotopic (exact) mass is 405 g/mol. The SMILES string of the molecule is COc1ccccc1OCNC(=O)N1CCN(S(=O)(=O)c2ccccc2)CC1. The number of ether oxygens (including phenoxy) is 2. The van der Waals surface area contributed by atoms with Crippen molar-refractivity contribution in [1.29, 1.82) is 0 Å². The highest BCUT2D eigenvalue weighted by atomic mass is 32.2. The molecule has 0 unspecified atom stereocenters. The number of carbonyl (C=O) groups is 1. The van der Waals surface area contributed by atoms with Gasteiger partial charge in [-0.1, -0.05) is 30.3 Å². The van der Waals surface area contributed by atoms with Crippen LogP contribution in [0.5, 0.6) is 11.5 Å². The van der Waals surface area contributed by atoms with Crippen molar-refractivity contribution in [1.82, 2.24) is 14.5 Å². The Bertz CT molecular complexity index is 897. The number of carbonyl (C=O) groups excluding carboxylic acids is 1. The number of methoxy groups -OCH3 is 1. The molecule has 0 aliphatic carbocycles. The van der Waals surface area contributed by atoms with Gasteiger partial charge in [-0.2, -0.15) is 4.31 Å². The highest BCUT2D eigenvalue weighted by Gasteiger charge is 2.29. The highest BCUT2D eigenvalue weighted by molar-refractivity contribution is 7.89. The van der Waals surface area contributed by atoms with E-state index >= 15 is 0 Å². The molecule has 28 heavy (non-hydrogen) atoms. The zero-order valence-electron chi connectivity index (χ0n) is 15.6. The van der Waals surface area contributed by atoms with Crippen molar-refractivity contribution in [2.75, 3.05) is 40.0 Å². The maximum atomic E-state index is 12.6. The predicted octanol–water partition coefficient (Wildman–Crippen LogP) is 1.75. The first-order valence-electron chi connectivity index (χ1n) is 8.86. The molecule has 1 saturated heterocycles. The number of para-hydroxylation sites is 2. The number of piperazine rings is 1. The van der Waals surface area contributed by atoms with Gasteiger partial charge in [-0.15, -0.1) is 0 Å². The Morgan fingerprint density at radius 2 is 1.57 bits per heavy atom. The minimum atomic E-state index is -3.54. The van der Waals surface area contributed by atoms with Crippen molar-refractivity contribution >= 4 is 16.1 Å². The molecule has 1 aliphatic heterocycles. The third-order valence-corrected chi connectivity index (χ3v) is 6.34. The largest absolute Gasteiger partial charge is 0.493 e. The third kappa shape index (κ3) is 4.55. The summed E-state index contributed by atoms with van der Waals surface area (Å²) >= 11 is 0. The van der Waals surface area contributed by atoms with Gasteiger partial charge in [0, 0.05) is 26.2 Å². The molecule has 0 bridgehead atoms. The van der Waals surface area contributed by atoms with Crippen LogP contribution in [-0.4, -0.2) is 63.7 Å². The van der Waals surface area contributed by atoms with Gasteiger partial charge in [0.1, 0.15) is 0 Å². The fraction of sp³-hybridized carbons (Fsp3) is 0.316. The number of nitrogens with one attached hydrogen (secondary N) is 1. The van der Waals surface area contributed by atoms with Crippen molar-refractivity contribution in [3.05, 3.63) is 54.6 Å². The summed E-state index contributed by atoms with van der Waals surface area (Å²) < 4.78 is 37.4. The summed E-state index contributed by atoms with van der Waals surface area (Å²) in [6.45, 7) is 1.11. The van der Waals surface area contributed by atoms with Gasteiger partial charge in [0.15, 0.2) is 18.2 Å². The van der Waals surface area contributed by atoms with E-state index in [0.29, 0.717) is 24.6 Å². The first-order chi connectivity index (χ1) is 13.5. The lowest BCUT2D eigenvalue weighted by atomic mass is 10.3. The first kappa shape index (κ1) is 20.0. The molecule has 0 atom stereocenters. The van der Waals surface area contributed by atoms with Crippen LogP contribution in [0.1, 0.15) is 0 Å². The molecule has 3 rings (SSSR count). The molecule has 0 saturated carbocycles. The number of amides is 2. The molecule has 1 heterocycles. The van der Waals surface area contributed by atoms with Gasteiger partial charge >= 0.3 is 6.03 Å². The highest BCUT2D eigenvalue weighted by Crippen LogP contribution is 2.25. The van der Waals surface area contributed by atoms with Crippen LogP contribution in [0.2, 0.25) is 0 Å². The smallest absolute Gasteiger partial charge is 0.320 e. The molecule has 1 aliphatic rings. The molecule has 9 heteroatoms. The van der Waals surface area contributed by atoms with Gasteiger partial charge in [-0.05, 0) is 24.3 Å². The van der Waals surface area contributed by atoms with Gasteiger partial charge in [-0.3, -0.25) is 0 Å². The second-order valence-electron chi connectivity index (χ2n) is 6.13. The minimum absolute atomic E-state index is 0.0122. The standard InChI is InChI=1S/C19H23N3O5S/c1-26-17-9-5-6-10-18(17)27-15-20-19(23)21-11-13-22(14-12-21)28(24,25)16-7-3-2-4-8-16/h2-10H,11-15H2,1H3,(H,20,23). The van der Waals surface area contributed by atoms with E-state index in [4.69, 9.17) is 9.47 Å². The van der Waals surface area contributed by atoms with Crippen LogP contribution in [0.15, 0.2) is 59.5 Å². The first-order valence-corrected chi connectivity index (χ1v) is 10.3. The molecular weight excluding hydrogens is 382 g/mol. The van der Waals surface area contributed by atoms with Crippen molar-refractivity contribution in [3.63, 3.8) is 0 Å². The molecule has 0 aromatic heterocycles. The van der Waals surface area contributed by atoms with Gasteiger partial charge in [0.05, 0.1) is 12.0 Å². The molecular formula is C19H23N3O5S. The fourth-order valence-corrected chi connectivity index (χ4v) is 4.34. The van der Waals surface area contributed by atoms with E-state index in [0.717, 1.165) is 0 Å². The predicted molar refractivity (Wildman–Crippen MR) is 104 cm³/mol. The molecule has 2 amide bonds. The summed E-state index contributed by atoms with van der Waals surface area (Å²) in [5.41, 5.74) is 0. The van der Waals surface area contributed by atoms with E-state index in [1.807, 2.05) is 12.1 Å². The summed E-state index contributed by atoms with van der Waals surface area (Å²) in [7, 11) is -1.99. The Morgan fingerprint density at radius 3 is 2.21 bits per heavy atom. The van der Waals surface area contributed by atoms with Gasteiger partial charge in [-0.25, -0.2) is 13.2 Å². The van der Waals surface area contributed by atoms with Crippen LogP contribution in [-0.2, 0) is 10.0 Å². The Balaban J connectivity index is 1.49. The maximum Gasteiger partial charge on any atom is 0.320 e. The fourth-order valence-electron chi connectivity index (χ4n) is 2.90. The minimum Gasteiger partial charge on any atom is -0.493 e. The summed E-state index contributed by atoms with van der Waals surface area (Å²) in [4.78, 5) is 14.1. The van der Waals surface area contributed by atoms with Crippen molar-refractivity contribution < 1.29 is 22.7 Å². The molecule has 0 spiro atoms. The zero-order valence-corrected chi connectivity index (χ0v) is 16.4. The van der Waals surface area contributed by atoms with E-state index in [9.17, 15) is 13.2 Å². The Hall–Kier alpha value is -2.78. The number of hydrogen-bond acceptors (Lipinski definition) is 5. The quantitative estimate of drug-likeness (QED) is 0.740. The van der Waals surface area contributed by atoms with Crippen LogP contribution in [0.25, 0.3) is 0 Å². The number of hydrogen-bond donors (Lipinski definition) is 1. The summed E-state index contributed by atoms with van der Waals surface area (Å²) in [6.07, 6.45) is 0. The van der Waals surface area contributed by atoms with Crippen molar-refractivity contribution in [3.8, 4) is 11.5 Å². The average Bonchev–Trinajstić information content (AvgIpc) is 2.74. The summed E-state index contributed by atoms with van der Waals surface area (Å²) in [6, 6.07) is 15.2. The van der Waals surface area contributed by atoms with Crippen LogP contribution in [0.3, 0.4) is 0 Å². The van der Waals surface area contributed by atoms with E-state index in [1.54, 1.807) is 54.5 Å². The van der Waals surface area contributed by atoms with Crippen molar-refractivity contribution in [2.24, 2.45) is 0 Å². The Kier molecular flexibility index (Phi) is 6.37. The van der Waals surface area contributed by atoms with Crippen LogP contribution in [0, 0.1) is 0 Å². The third-order valence-electron chi connectivity index (χ3n) is 4.43. The van der Waals surface area contributed by atoms with Gasteiger partial charge < -0.3 is 19.7 Å². The number of urea groups is 1. The normalized spacial score (nSPS) is 15.1. The van der Waals surface area contributed by atoms with Gasteiger partial charge in [0.2, 0.25) is 10.0 Å². The second-order valence-corrected chi connectivity index (χ2v) is 8.06. The second kappa shape index (κ2) is 8.94. The number of benzene rings is 2. The van der Waals surface area contributed by atoms with Crippen LogP contribution >= 0.6 is 0 Å². The number of rotatable bonds is 6. The van der Waals surface area contributed by atoms with E-state index in [1.165, 1.54) is 4.31 Å². The van der Waals surface area contributed by atoms with E-state index < -0.39 is 10.0 Å². The molecule has 8 nitrogen and oxygen atoms in total. The lowest BCUT2D eigenvalue weighted by molar-refractivity contribution is 0.162. The van der Waals surface area contributed by atoms with E-state index in [2.05, 4.69) is 5.32 Å². The lowest BCUT2D eigenvalue weighted by Crippen LogP contribution is -2.53. The molecule has 150 valence electrons. The number of nitrogens with zero attached hydrogens (tertiary/aromatic N) is 2. The maximum absolute atomic E-state index is 12.6. The van der Waals surface area contributed by atoms with Crippen LogP contribution < -0.4 is 14.8 Å². The van der Waals surface area contributed by atoms with Gasteiger partial charge in [0.25, 0.3) is 0 Å². The zero-order chi connectivity index (χ0) is 20.0. The molecule has 0 radical (unpaired) electrons. The Morgan fingerprint density at radius 1 is 0.964 bits per heavy atom. The topological polar surface area (TPSA) is 88.2 Å². The lowest BCUT2D eigenvalue weighted by Gasteiger charge is -2.33. The molecule has 1 N–H and O–H groups in total. The van der Waals surface area contributed by atoms with Crippen LogP contribution in [0.4, 0.5) is 4.79 Å². The number of sulfonamides is 1. The average molecular weight is 405 g/mol. The molecule has 2 aromatic carbocycles.